The number of ether oxygens (including phenoxy) is 1. The Morgan fingerprint density at radius 1 is 1.38 bits per heavy atom. The average Bonchev–Trinajstić information content (AvgIpc) is 2.20. The molecule has 0 bridgehead atoms. The molecule has 0 radical (unpaired) electrons. The molecule has 0 aliphatic carbocycles. The van der Waals surface area contributed by atoms with Crippen LogP contribution in [0.5, 0.6) is 0 Å². The van der Waals surface area contributed by atoms with Gasteiger partial charge in [0.05, 0.1) is 0 Å². The smallest absolute Gasteiger partial charge is 0.326 e. The van der Waals surface area contributed by atoms with Crippen molar-refractivity contribution in [2.75, 3.05) is 13.2 Å². The fraction of sp³-hybridized carbons (Fsp3) is 0.818. The van der Waals surface area contributed by atoms with E-state index in [1.165, 1.54) is 0 Å². The van der Waals surface area contributed by atoms with E-state index >= 15 is 0 Å². The van der Waals surface area contributed by atoms with Gasteiger partial charge in [-0.25, -0.2) is 4.79 Å². The summed E-state index contributed by atoms with van der Waals surface area (Å²) in [5, 5.41) is 11.3. The van der Waals surface area contributed by atoms with Crippen molar-refractivity contribution in [3.8, 4) is 0 Å². The first-order valence-electron chi connectivity index (χ1n) is 5.59. The largest absolute Gasteiger partial charge is 0.480 e. The summed E-state index contributed by atoms with van der Waals surface area (Å²) < 4.78 is 5.09. The number of carboxylic acids is 1. The highest BCUT2D eigenvalue weighted by molar-refractivity contribution is 5.84. The summed E-state index contributed by atoms with van der Waals surface area (Å²) in [5.74, 6) is -1.54. The van der Waals surface area contributed by atoms with E-state index in [4.69, 9.17) is 9.84 Å². The zero-order chi connectivity index (χ0) is 12.6. The minimum absolute atomic E-state index is 0.0729. The van der Waals surface area contributed by atoms with E-state index in [9.17, 15) is 9.59 Å². The van der Waals surface area contributed by atoms with Crippen molar-refractivity contribution in [2.45, 2.75) is 39.7 Å². The van der Waals surface area contributed by atoms with Gasteiger partial charge in [-0.05, 0) is 12.3 Å². The number of aliphatic carboxylic acids is 1. The number of unbranched alkanes of at least 4 members (excludes halogenated alkanes) is 1. The number of carbonyl (C=O) groups is 2. The molecule has 0 heterocycles. The minimum Gasteiger partial charge on any atom is -0.480 e. The fourth-order valence-corrected chi connectivity index (χ4v) is 1.14. The molecule has 0 spiro atoms. The van der Waals surface area contributed by atoms with Gasteiger partial charge in [-0.15, -0.1) is 0 Å². The third-order valence-electron chi connectivity index (χ3n) is 2.12. The summed E-state index contributed by atoms with van der Waals surface area (Å²) in [6, 6.07) is -0.845. The van der Waals surface area contributed by atoms with Crippen molar-refractivity contribution in [2.24, 2.45) is 5.92 Å². The molecule has 0 aromatic carbocycles. The second-order valence-corrected chi connectivity index (χ2v) is 4.03. The van der Waals surface area contributed by atoms with Crippen LogP contribution in [-0.2, 0) is 14.3 Å². The molecule has 0 saturated heterocycles. The molecule has 0 fully saturated rings. The normalized spacial score (nSPS) is 12.5. The lowest BCUT2D eigenvalue weighted by Gasteiger charge is -2.17. The van der Waals surface area contributed by atoms with Gasteiger partial charge in [-0.3, -0.25) is 4.79 Å². The van der Waals surface area contributed by atoms with Crippen LogP contribution >= 0.6 is 0 Å². The van der Waals surface area contributed by atoms with Crippen LogP contribution in [0.25, 0.3) is 0 Å². The molecule has 94 valence electrons. The summed E-state index contributed by atoms with van der Waals surface area (Å²) >= 11 is 0. The Hall–Kier alpha value is -1.10. The van der Waals surface area contributed by atoms with E-state index in [0.717, 1.165) is 12.8 Å². The Kier molecular flexibility index (Phi) is 7.54. The van der Waals surface area contributed by atoms with Crippen molar-refractivity contribution in [1.82, 2.24) is 5.32 Å². The van der Waals surface area contributed by atoms with Gasteiger partial charge in [0.2, 0.25) is 5.91 Å². The molecular formula is C11H21NO4. The van der Waals surface area contributed by atoms with Gasteiger partial charge in [-0.2, -0.15) is 0 Å². The average molecular weight is 231 g/mol. The van der Waals surface area contributed by atoms with Crippen LogP contribution in [0.4, 0.5) is 0 Å². The molecule has 0 unspecified atom stereocenters. The predicted molar refractivity (Wildman–Crippen MR) is 60.1 cm³/mol. The molecular weight excluding hydrogens is 210 g/mol. The van der Waals surface area contributed by atoms with E-state index in [-0.39, 0.29) is 18.4 Å². The third-order valence-corrected chi connectivity index (χ3v) is 2.12. The van der Waals surface area contributed by atoms with Crippen molar-refractivity contribution in [3.63, 3.8) is 0 Å². The highest BCUT2D eigenvalue weighted by Gasteiger charge is 2.23. The fourth-order valence-electron chi connectivity index (χ4n) is 1.14. The second kappa shape index (κ2) is 8.10. The molecule has 0 aromatic rings. The quantitative estimate of drug-likeness (QED) is 0.612. The molecule has 0 aliphatic heterocycles. The number of carbonyl (C=O) groups excluding carboxylic acids is 1. The molecule has 0 aromatic heterocycles. The van der Waals surface area contributed by atoms with Crippen molar-refractivity contribution in [3.05, 3.63) is 0 Å². The number of rotatable bonds is 8. The maximum atomic E-state index is 11.3. The predicted octanol–water partition coefficient (Wildman–Crippen LogP) is 1.03. The van der Waals surface area contributed by atoms with Gasteiger partial charge >= 0.3 is 5.97 Å². The van der Waals surface area contributed by atoms with Gasteiger partial charge in [0, 0.05) is 6.61 Å². The van der Waals surface area contributed by atoms with E-state index < -0.39 is 12.0 Å². The monoisotopic (exact) mass is 231 g/mol. The molecule has 0 rings (SSSR count). The molecule has 1 atom stereocenters. The SMILES string of the molecule is CCCCOCC(=O)N[C@H](C(=O)O)C(C)C. The van der Waals surface area contributed by atoms with Crippen molar-refractivity contribution < 1.29 is 19.4 Å². The highest BCUT2D eigenvalue weighted by Crippen LogP contribution is 2.01. The van der Waals surface area contributed by atoms with Crippen LogP contribution in [-0.4, -0.2) is 36.2 Å². The first-order chi connectivity index (χ1) is 7.49. The number of nitrogens with one attached hydrogen (secondary N) is 1. The summed E-state index contributed by atoms with van der Waals surface area (Å²) in [7, 11) is 0. The molecule has 16 heavy (non-hydrogen) atoms. The maximum Gasteiger partial charge on any atom is 0.326 e. The third kappa shape index (κ3) is 6.40. The van der Waals surface area contributed by atoms with E-state index in [1.54, 1.807) is 13.8 Å². The van der Waals surface area contributed by atoms with Gasteiger partial charge in [0.1, 0.15) is 12.6 Å². The Bertz CT molecular complexity index is 228. The van der Waals surface area contributed by atoms with Crippen LogP contribution in [0.1, 0.15) is 33.6 Å². The number of carboxylic acid groups (broad SMARTS) is 1. The van der Waals surface area contributed by atoms with Gasteiger partial charge in [-0.1, -0.05) is 27.2 Å². The summed E-state index contributed by atoms with van der Waals surface area (Å²) in [6.07, 6.45) is 1.91. The first-order valence-corrected chi connectivity index (χ1v) is 5.59. The van der Waals surface area contributed by atoms with Gasteiger partial charge in [0.25, 0.3) is 0 Å². The molecule has 5 nitrogen and oxygen atoms in total. The van der Waals surface area contributed by atoms with Crippen LogP contribution < -0.4 is 5.32 Å². The molecule has 5 heteroatoms. The molecule has 2 N–H and O–H groups in total. The lowest BCUT2D eigenvalue weighted by atomic mass is 10.1. The summed E-state index contributed by atoms with van der Waals surface area (Å²) in [5.41, 5.74) is 0. The summed E-state index contributed by atoms with van der Waals surface area (Å²) in [4.78, 5) is 22.1. The second-order valence-electron chi connectivity index (χ2n) is 4.03. The van der Waals surface area contributed by atoms with Crippen LogP contribution in [0.2, 0.25) is 0 Å². The maximum absolute atomic E-state index is 11.3. The van der Waals surface area contributed by atoms with E-state index in [1.807, 2.05) is 6.92 Å². The zero-order valence-electron chi connectivity index (χ0n) is 10.2. The lowest BCUT2D eigenvalue weighted by Crippen LogP contribution is -2.45. The Labute approximate surface area is 96.2 Å². The number of hydrogen-bond acceptors (Lipinski definition) is 3. The van der Waals surface area contributed by atoms with Crippen LogP contribution in [0.3, 0.4) is 0 Å². The van der Waals surface area contributed by atoms with Crippen molar-refractivity contribution >= 4 is 11.9 Å². The molecule has 1 amide bonds. The lowest BCUT2D eigenvalue weighted by molar-refractivity contribution is -0.143. The van der Waals surface area contributed by atoms with E-state index in [2.05, 4.69) is 5.32 Å². The van der Waals surface area contributed by atoms with Crippen LogP contribution in [0.15, 0.2) is 0 Å². The van der Waals surface area contributed by atoms with Gasteiger partial charge in [0.15, 0.2) is 0 Å². The standard InChI is InChI=1S/C11H21NO4/c1-4-5-6-16-7-9(13)12-10(8(2)3)11(14)15/h8,10H,4-7H2,1-3H3,(H,12,13)(H,14,15)/t10-/m0/s1. The van der Waals surface area contributed by atoms with E-state index in [0.29, 0.717) is 6.61 Å². The first kappa shape index (κ1) is 14.9. The number of amides is 1. The Balaban J connectivity index is 3.87. The minimum atomic E-state index is -1.02. The number of hydrogen-bond donors (Lipinski definition) is 2. The Morgan fingerprint density at radius 3 is 2.44 bits per heavy atom. The topological polar surface area (TPSA) is 75.6 Å². The van der Waals surface area contributed by atoms with Crippen LogP contribution in [0, 0.1) is 5.92 Å². The van der Waals surface area contributed by atoms with Crippen molar-refractivity contribution in [1.29, 1.82) is 0 Å². The molecule has 0 aliphatic rings. The summed E-state index contributed by atoms with van der Waals surface area (Å²) in [6.45, 7) is 5.98. The molecule has 0 saturated carbocycles. The van der Waals surface area contributed by atoms with Gasteiger partial charge < -0.3 is 15.2 Å². The zero-order valence-corrected chi connectivity index (χ0v) is 10.2. The Morgan fingerprint density at radius 2 is 2.00 bits per heavy atom. The highest BCUT2D eigenvalue weighted by atomic mass is 16.5.